The number of ether oxygens (including phenoxy) is 6. The van der Waals surface area contributed by atoms with Gasteiger partial charge in [0.05, 0.1) is 39.6 Å². The van der Waals surface area contributed by atoms with Crippen molar-refractivity contribution >= 4 is 17.9 Å². The van der Waals surface area contributed by atoms with E-state index in [9.17, 15) is 14.4 Å². The molecule has 9 nitrogen and oxygen atoms in total. The van der Waals surface area contributed by atoms with Gasteiger partial charge >= 0.3 is 17.9 Å². The van der Waals surface area contributed by atoms with E-state index in [0.717, 1.165) is 40.5 Å². The molecule has 0 saturated heterocycles. The summed E-state index contributed by atoms with van der Waals surface area (Å²) < 4.78 is 31.6. The molecule has 0 radical (unpaired) electrons. The molecule has 0 aromatic heterocycles. The first-order valence-corrected chi connectivity index (χ1v) is 10.6. The highest BCUT2D eigenvalue weighted by Gasteiger charge is 2.10. The second-order valence-corrected chi connectivity index (χ2v) is 6.81. The van der Waals surface area contributed by atoms with Crippen molar-refractivity contribution in [3.8, 4) is 0 Å². The van der Waals surface area contributed by atoms with Crippen LogP contribution >= 0.6 is 0 Å². The van der Waals surface area contributed by atoms with Crippen molar-refractivity contribution in [2.24, 2.45) is 0 Å². The van der Waals surface area contributed by atoms with Gasteiger partial charge < -0.3 is 28.4 Å². The highest BCUT2D eigenvalue weighted by Crippen LogP contribution is 2.20. The third-order valence-electron chi connectivity index (χ3n) is 4.38. The topological polar surface area (TPSA) is 107 Å². The smallest absolute Gasteiger partial charge is 0.330 e. The standard InChI is InChI=1S/C25H32O9/c1-5-23(26)32-11-8-29-16-20-14-21(17-30-9-12-33-24(27)6-2)19(4)22(15-20)18-31-10-13-34-25(28)7-3/h5-7,14-15H,1-3,8-13,16-18H2,4H3. The van der Waals surface area contributed by atoms with E-state index in [1.165, 1.54) is 0 Å². The Morgan fingerprint density at radius 1 is 0.647 bits per heavy atom. The lowest BCUT2D eigenvalue weighted by atomic mass is 9.99. The summed E-state index contributed by atoms with van der Waals surface area (Å²) in [6.07, 6.45) is 3.28. The van der Waals surface area contributed by atoms with Gasteiger partial charge in [0.1, 0.15) is 19.8 Å². The molecule has 0 fully saturated rings. The quantitative estimate of drug-likeness (QED) is 0.137. The fraction of sp³-hybridized carbons (Fsp3) is 0.400. The van der Waals surface area contributed by atoms with E-state index in [1.807, 2.05) is 19.1 Å². The molecule has 0 aliphatic rings. The first kappa shape index (κ1) is 28.8. The number of rotatable bonds is 18. The number of hydrogen-bond acceptors (Lipinski definition) is 9. The number of hydrogen-bond donors (Lipinski definition) is 0. The Bertz CT molecular complexity index is 794. The van der Waals surface area contributed by atoms with Crippen molar-refractivity contribution in [2.75, 3.05) is 39.6 Å². The minimum Gasteiger partial charge on any atom is -0.460 e. The zero-order valence-corrected chi connectivity index (χ0v) is 19.5. The van der Waals surface area contributed by atoms with Gasteiger partial charge in [-0.25, -0.2) is 14.4 Å². The van der Waals surface area contributed by atoms with Gasteiger partial charge in [0, 0.05) is 18.2 Å². The molecule has 1 rings (SSSR count). The SMILES string of the molecule is C=CC(=O)OCCOCc1cc(COCCOC(=O)C=C)c(C)c(COCCOC(=O)C=C)c1. The highest BCUT2D eigenvalue weighted by molar-refractivity contribution is 5.81. The predicted molar refractivity (Wildman–Crippen MR) is 124 cm³/mol. The molecular formula is C25H32O9. The average Bonchev–Trinajstić information content (AvgIpc) is 2.84. The van der Waals surface area contributed by atoms with Crippen molar-refractivity contribution < 1.29 is 42.8 Å². The Hall–Kier alpha value is -3.27. The summed E-state index contributed by atoms with van der Waals surface area (Å²) in [6.45, 7) is 13.9. The van der Waals surface area contributed by atoms with E-state index in [4.69, 9.17) is 28.4 Å². The Labute approximate surface area is 199 Å². The van der Waals surface area contributed by atoms with Gasteiger partial charge in [-0.15, -0.1) is 0 Å². The Morgan fingerprint density at radius 3 is 1.35 bits per heavy atom. The van der Waals surface area contributed by atoms with E-state index in [-0.39, 0.29) is 39.6 Å². The summed E-state index contributed by atoms with van der Waals surface area (Å²) in [5, 5.41) is 0. The molecule has 9 heteroatoms. The van der Waals surface area contributed by atoms with Crippen molar-refractivity contribution in [1.82, 2.24) is 0 Å². The molecule has 0 aliphatic heterocycles. The van der Waals surface area contributed by atoms with E-state index in [0.29, 0.717) is 19.8 Å². The summed E-state index contributed by atoms with van der Waals surface area (Å²) in [5.41, 5.74) is 3.71. The Balaban J connectivity index is 2.70. The minimum absolute atomic E-state index is 0.121. The van der Waals surface area contributed by atoms with Gasteiger partial charge in [-0.3, -0.25) is 0 Å². The third kappa shape index (κ3) is 12.1. The van der Waals surface area contributed by atoms with Crippen molar-refractivity contribution in [3.05, 3.63) is 72.4 Å². The fourth-order valence-corrected chi connectivity index (χ4v) is 2.63. The van der Waals surface area contributed by atoms with Crippen LogP contribution in [0, 0.1) is 6.92 Å². The molecule has 0 amide bonds. The normalized spacial score (nSPS) is 10.3. The van der Waals surface area contributed by atoms with Crippen LogP contribution in [-0.2, 0) is 62.6 Å². The van der Waals surface area contributed by atoms with Gasteiger partial charge in [-0.2, -0.15) is 0 Å². The molecule has 0 aliphatic carbocycles. The van der Waals surface area contributed by atoms with Crippen LogP contribution in [-0.4, -0.2) is 57.5 Å². The molecule has 1 aromatic rings. The van der Waals surface area contributed by atoms with E-state index in [1.54, 1.807) is 0 Å². The Kier molecular flexibility index (Phi) is 14.6. The molecule has 186 valence electrons. The molecule has 34 heavy (non-hydrogen) atoms. The predicted octanol–water partition coefficient (Wildman–Crippen LogP) is 2.73. The molecular weight excluding hydrogens is 444 g/mol. The van der Waals surface area contributed by atoms with Crippen LogP contribution in [0.25, 0.3) is 0 Å². The summed E-state index contributed by atoms with van der Waals surface area (Å²) >= 11 is 0. The molecule has 1 aromatic carbocycles. The fourth-order valence-electron chi connectivity index (χ4n) is 2.63. The third-order valence-corrected chi connectivity index (χ3v) is 4.38. The number of carbonyl (C=O) groups excluding carboxylic acids is 3. The van der Waals surface area contributed by atoms with Crippen molar-refractivity contribution in [1.29, 1.82) is 0 Å². The lowest BCUT2D eigenvalue weighted by molar-refractivity contribution is -0.140. The Morgan fingerprint density at radius 2 is 1.00 bits per heavy atom. The second-order valence-electron chi connectivity index (χ2n) is 6.81. The van der Waals surface area contributed by atoms with Crippen LogP contribution in [0.4, 0.5) is 0 Å². The van der Waals surface area contributed by atoms with E-state index in [2.05, 4.69) is 19.7 Å². The summed E-state index contributed by atoms with van der Waals surface area (Å²) in [6, 6.07) is 3.91. The van der Waals surface area contributed by atoms with Gasteiger partial charge in [0.2, 0.25) is 0 Å². The zero-order valence-electron chi connectivity index (χ0n) is 19.5. The minimum atomic E-state index is -0.504. The number of esters is 3. The maximum atomic E-state index is 11.1. The molecule has 0 N–H and O–H groups in total. The molecule has 0 heterocycles. The maximum absolute atomic E-state index is 11.1. The lowest BCUT2D eigenvalue weighted by Gasteiger charge is -2.16. The summed E-state index contributed by atoms with van der Waals surface area (Å²) in [7, 11) is 0. The number of carbonyl (C=O) groups is 3. The molecule has 0 atom stereocenters. The number of benzene rings is 1. The monoisotopic (exact) mass is 476 g/mol. The van der Waals surface area contributed by atoms with Crippen LogP contribution in [0.2, 0.25) is 0 Å². The summed E-state index contributed by atoms with van der Waals surface area (Å²) in [4.78, 5) is 33.3. The van der Waals surface area contributed by atoms with Gasteiger partial charge in [0.25, 0.3) is 0 Å². The summed E-state index contributed by atoms with van der Waals surface area (Å²) in [5.74, 6) is -1.51. The highest BCUT2D eigenvalue weighted by atomic mass is 16.6. The first-order chi connectivity index (χ1) is 16.4. The molecule has 0 bridgehead atoms. The lowest BCUT2D eigenvalue weighted by Crippen LogP contribution is -2.11. The average molecular weight is 477 g/mol. The largest absolute Gasteiger partial charge is 0.460 e. The van der Waals surface area contributed by atoms with E-state index < -0.39 is 17.9 Å². The van der Waals surface area contributed by atoms with Crippen LogP contribution in [0.3, 0.4) is 0 Å². The van der Waals surface area contributed by atoms with Crippen LogP contribution in [0.5, 0.6) is 0 Å². The zero-order chi connectivity index (χ0) is 25.2. The van der Waals surface area contributed by atoms with Gasteiger partial charge in [-0.05, 0) is 29.2 Å². The van der Waals surface area contributed by atoms with Crippen molar-refractivity contribution in [2.45, 2.75) is 26.7 Å². The first-order valence-electron chi connectivity index (χ1n) is 10.6. The second kappa shape index (κ2) is 17.2. The van der Waals surface area contributed by atoms with E-state index >= 15 is 0 Å². The maximum Gasteiger partial charge on any atom is 0.330 e. The van der Waals surface area contributed by atoms with Crippen LogP contribution < -0.4 is 0 Å². The molecule has 0 spiro atoms. The van der Waals surface area contributed by atoms with Gasteiger partial charge in [-0.1, -0.05) is 31.9 Å². The van der Waals surface area contributed by atoms with Crippen molar-refractivity contribution in [3.63, 3.8) is 0 Å². The molecule has 0 unspecified atom stereocenters. The van der Waals surface area contributed by atoms with Gasteiger partial charge in [0.15, 0.2) is 0 Å². The van der Waals surface area contributed by atoms with Crippen LogP contribution in [0.1, 0.15) is 22.3 Å². The molecule has 0 saturated carbocycles. The van der Waals surface area contributed by atoms with Crippen LogP contribution in [0.15, 0.2) is 50.1 Å².